The average Bonchev–Trinajstić information content (AvgIpc) is 2.93. The Morgan fingerprint density at radius 2 is 2.30 bits per heavy atom. The summed E-state index contributed by atoms with van der Waals surface area (Å²) in [4.78, 5) is 4.20. The number of hydrogen-bond acceptors (Lipinski definition) is 4. The Hall–Kier alpha value is -0.630. The van der Waals surface area contributed by atoms with Crippen molar-refractivity contribution < 1.29 is 8.42 Å². The van der Waals surface area contributed by atoms with Crippen molar-refractivity contribution >= 4 is 22.4 Å². The van der Waals surface area contributed by atoms with Crippen LogP contribution in [0.15, 0.2) is 11.2 Å². The molecule has 3 heterocycles. The summed E-state index contributed by atoms with van der Waals surface area (Å²) in [5, 5.41) is 3.55. The van der Waals surface area contributed by atoms with Gasteiger partial charge in [0.1, 0.15) is 5.82 Å². The minimum absolute atomic E-state index is 0. The van der Waals surface area contributed by atoms with Crippen LogP contribution in [0, 0.1) is 5.92 Å². The standard InChI is InChI=1S/C12H20N4O2S.ClH/c1-9-4-5-13-7-10(9)15-19(17,18)12-8-14-11-3-2-6-16(11)12;/h8-10,13,15H,2-7H2,1H3;1H. The maximum Gasteiger partial charge on any atom is 0.258 e. The normalized spacial score (nSPS) is 26.1. The van der Waals surface area contributed by atoms with Crippen LogP contribution in [0.25, 0.3) is 0 Å². The molecule has 2 aliphatic rings. The number of halogens is 1. The maximum atomic E-state index is 12.5. The number of aromatic nitrogens is 2. The molecule has 0 aliphatic carbocycles. The second kappa shape index (κ2) is 6.01. The van der Waals surface area contributed by atoms with Gasteiger partial charge in [0, 0.05) is 25.6 Å². The van der Waals surface area contributed by atoms with Crippen molar-refractivity contribution in [3.63, 3.8) is 0 Å². The summed E-state index contributed by atoms with van der Waals surface area (Å²) in [5.74, 6) is 1.24. The van der Waals surface area contributed by atoms with E-state index in [9.17, 15) is 8.42 Å². The largest absolute Gasteiger partial charge is 0.318 e. The van der Waals surface area contributed by atoms with Crippen molar-refractivity contribution in [1.29, 1.82) is 0 Å². The topological polar surface area (TPSA) is 76.0 Å². The van der Waals surface area contributed by atoms with Crippen molar-refractivity contribution in [2.24, 2.45) is 5.92 Å². The van der Waals surface area contributed by atoms with Crippen molar-refractivity contribution in [1.82, 2.24) is 19.6 Å². The number of sulfonamides is 1. The lowest BCUT2D eigenvalue weighted by molar-refractivity contribution is 0.326. The first-order valence-corrected chi connectivity index (χ1v) is 8.34. The van der Waals surface area contributed by atoms with Crippen LogP contribution in [-0.2, 0) is 23.0 Å². The summed E-state index contributed by atoms with van der Waals surface area (Å²) < 4.78 is 29.6. The van der Waals surface area contributed by atoms with Crippen LogP contribution in [0.4, 0.5) is 0 Å². The van der Waals surface area contributed by atoms with Gasteiger partial charge in [-0.3, -0.25) is 0 Å². The van der Waals surface area contributed by atoms with Gasteiger partial charge in [0.2, 0.25) is 0 Å². The smallest absolute Gasteiger partial charge is 0.258 e. The summed E-state index contributed by atoms with van der Waals surface area (Å²) >= 11 is 0. The Morgan fingerprint density at radius 3 is 3.05 bits per heavy atom. The molecule has 20 heavy (non-hydrogen) atoms. The number of imidazole rings is 1. The molecule has 0 aromatic carbocycles. The molecule has 0 saturated carbocycles. The van der Waals surface area contributed by atoms with E-state index in [4.69, 9.17) is 0 Å². The molecule has 8 heteroatoms. The number of aryl methyl sites for hydroxylation is 1. The molecule has 1 aromatic rings. The number of nitrogens with one attached hydrogen (secondary N) is 2. The number of piperidine rings is 1. The van der Waals surface area contributed by atoms with E-state index in [1.165, 1.54) is 6.20 Å². The van der Waals surface area contributed by atoms with Crippen LogP contribution in [0.5, 0.6) is 0 Å². The molecule has 0 amide bonds. The SMILES string of the molecule is CC1CCNCC1NS(=O)(=O)c1cnc2n1CCC2.Cl. The molecule has 2 unspecified atom stereocenters. The zero-order valence-electron chi connectivity index (χ0n) is 11.5. The van der Waals surface area contributed by atoms with Gasteiger partial charge in [0.15, 0.2) is 5.03 Å². The minimum Gasteiger partial charge on any atom is -0.318 e. The van der Waals surface area contributed by atoms with Gasteiger partial charge in [0.25, 0.3) is 10.0 Å². The molecular weight excluding hydrogens is 300 g/mol. The monoisotopic (exact) mass is 320 g/mol. The minimum atomic E-state index is -3.46. The van der Waals surface area contributed by atoms with Gasteiger partial charge < -0.3 is 9.88 Å². The van der Waals surface area contributed by atoms with Gasteiger partial charge >= 0.3 is 0 Å². The molecule has 114 valence electrons. The zero-order valence-corrected chi connectivity index (χ0v) is 13.1. The Kier molecular flexibility index (Phi) is 4.73. The first-order valence-electron chi connectivity index (χ1n) is 6.85. The fourth-order valence-corrected chi connectivity index (χ4v) is 4.37. The van der Waals surface area contributed by atoms with Gasteiger partial charge in [-0.2, -0.15) is 0 Å². The highest BCUT2D eigenvalue weighted by Gasteiger charge is 2.30. The van der Waals surface area contributed by atoms with Crippen LogP contribution in [0.1, 0.15) is 25.6 Å². The fraction of sp³-hybridized carbons (Fsp3) is 0.750. The highest BCUT2D eigenvalue weighted by atomic mass is 35.5. The number of rotatable bonds is 3. The first kappa shape index (κ1) is 15.8. The van der Waals surface area contributed by atoms with E-state index in [0.717, 1.165) is 38.2 Å². The van der Waals surface area contributed by atoms with Crippen molar-refractivity contribution in [3.8, 4) is 0 Å². The molecule has 6 nitrogen and oxygen atoms in total. The molecule has 1 aromatic heterocycles. The summed E-state index contributed by atoms with van der Waals surface area (Å²) in [5.41, 5.74) is 0. The van der Waals surface area contributed by atoms with E-state index in [2.05, 4.69) is 21.9 Å². The molecule has 2 aliphatic heterocycles. The van der Waals surface area contributed by atoms with E-state index < -0.39 is 10.0 Å². The van der Waals surface area contributed by atoms with Crippen molar-refractivity contribution in [3.05, 3.63) is 12.0 Å². The van der Waals surface area contributed by atoms with Gasteiger partial charge in [-0.15, -0.1) is 12.4 Å². The lowest BCUT2D eigenvalue weighted by Crippen LogP contribution is -2.50. The van der Waals surface area contributed by atoms with E-state index in [0.29, 0.717) is 17.5 Å². The molecule has 0 spiro atoms. The Labute approximate surface area is 125 Å². The predicted molar refractivity (Wildman–Crippen MR) is 78.6 cm³/mol. The molecule has 3 rings (SSSR count). The maximum absolute atomic E-state index is 12.5. The van der Waals surface area contributed by atoms with E-state index in [-0.39, 0.29) is 18.4 Å². The van der Waals surface area contributed by atoms with Crippen molar-refractivity contribution in [2.75, 3.05) is 13.1 Å². The summed E-state index contributed by atoms with van der Waals surface area (Å²) in [6.45, 7) is 4.50. The predicted octanol–water partition coefficient (Wildman–Crippen LogP) is 0.527. The van der Waals surface area contributed by atoms with E-state index in [1.54, 1.807) is 0 Å². The second-order valence-corrected chi connectivity index (χ2v) is 7.13. The number of nitrogens with zero attached hydrogens (tertiary/aromatic N) is 2. The summed E-state index contributed by atoms with van der Waals surface area (Å²) in [6, 6.07) is -0.0358. The third kappa shape index (κ3) is 2.86. The molecule has 2 N–H and O–H groups in total. The second-order valence-electron chi connectivity index (χ2n) is 5.47. The van der Waals surface area contributed by atoms with Crippen LogP contribution in [0.2, 0.25) is 0 Å². The highest BCUT2D eigenvalue weighted by Crippen LogP contribution is 2.21. The Balaban J connectivity index is 0.00000147. The molecular formula is C12H21ClN4O2S. The van der Waals surface area contributed by atoms with Gasteiger partial charge in [-0.25, -0.2) is 18.1 Å². The van der Waals surface area contributed by atoms with Crippen LogP contribution < -0.4 is 10.0 Å². The van der Waals surface area contributed by atoms with E-state index >= 15 is 0 Å². The summed E-state index contributed by atoms with van der Waals surface area (Å²) in [7, 11) is -3.46. The van der Waals surface area contributed by atoms with Gasteiger partial charge in [-0.05, 0) is 25.3 Å². The molecule has 0 bridgehead atoms. The Bertz CT molecular complexity index is 572. The van der Waals surface area contributed by atoms with Crippen LogP contribution in [-0.4, -0.2) is 37.1 Å². The fourth-order valence-electron chi connectivity index (χ4n) is 2.85. The quantitative estimate of drug-likeness (QED) is 0.851. The average molecular weight is 321 g/mol. The molecule has 1 fully saturated rings. The third-order valence-corrected chi connectivity index (χ3v) is 5.58. The van der Waals surface area contributed by atoms with Gasteiger partial charge in [-0.1, -0.05) is 6.92 Å². The van der Waals surface area contributed by atoms with Crippen molar-refractivity contribution in [2.45, 2.75) is 43.8 Å². The first-order chi connectivity index (χ1) is 9.08. The van der Waals surface area contributed by atoms with Gasteiger partial charge in [0.05, 0.1) is 6.20 Å². The molecule has 0 radical (unpaired) electrons. The number of fused-ring (bicyclic) bond motifs is 1. The van der Waals surface area contributed by atoms with Crippen LogP contribution >= 0.6 is 12.4 Å². The van der Waals surface area contributed by atoms with E-state index in [1.807, 2.05) is 4.57 Å². The molecule has 1 saturated heterocycles. The third-order valence-electron chi connectivity index (χ3n) is 4.09. The number of hydrogen-bond donors (Lipinski definition) is 2. The molecule has 2 atom stereocenters. The summed E-state index contributed by atoms with van der Waals surface area (Å²) in [6.07, 6.45) is 4.33. The van der Waals surface area contributed by atoms with Crippen LogP contribution in [0.3, 0.4) is 0 Å². The lowest BCUT2D eigenvalue weighted by atomic mass is 9.96. The lowest BCUT2D eigenvalue weighted by Gasteiger charge is -2.29. The Morgan fingerprint density at radius 1 is 1.50 bits per heavy atom. The highest BCUT2D eigenvalue weighted by molar-refractivity contribution is 7.89. The zero-order chi connectivity index (χ0) is 13.5.